The highest BCUT2D eigenvalue weighted by atomic mass is 31.2. The molecule has 0 saturated carbocycles. The number of aliphatic hydroxyl groups excluding tert-OH is 1. The molecule has 0 rings (SSSR count). The molecule has 0 fully saturated rings. The van der Waals surface area contributed by atoms with E-state index >= 15 is 0 Å². The highest BCUT2D eigenvalue weighted by Crippen LogP contribution is 2.44. The van der Waals surface area contributed by atoms with Crippen LogP contribution in [0.4, 0.5) is 0 Å². The Bertz CT molecular complexity index is 1320. The molecule has 0 aliphatic carbocycles. The first-order valence-electron chi connectivity index (χ1n) is 25.4. The maximum absolute atomic E-state index is 12.7. The normalized spacial score (nSPS) is 14.4. The van der Waals surface area contributed by atoms with Crippen LogP contribution >= 0.6 is 15.6 Å². The Labute approximate surface area is 393 Å². The van der Waals surface area contributed by atoms with Crippen LogP contribution in [-0.4, -0.2) is 76.1 Å². The standard InChI is InChI=1S/C49H92O14P2/c1-4-6-7-8-21-26-31-36-45(50)37-32-27-24-29-33-38-48(52)59-42-47(43-62-65(57,58)61-41-46(51)40-60-64(54,55)56)63-49(53)39-34-28-23-20-18-16-14-12-10-9-11-13-15-17-19-22-25-30-35-44(3)5-2/h21,26,31,36,44,46-47,51H,4-20,22-25,27-30,32-35,37-43H2,1-3H3,(H,57,58)(H2,54,55,56)/b26-21-,36-31+/t44?,46-,47+/m0/s1. The molecule has 16 heteroatoms. The topological polar surface area (TPSA) is 212 Å². The van der Waals surface area contributed by atoms with Gasteiger partial charge < -0.3 is 29.3 Å². The second-order valence-corrected chi connectivity index (χ2v) is 20.4. The van der Waals surface area contributed by atoms with E-state index in [9.17, 15) is 33.5 Å². The fourth-order valence-electron chi connectivity index (χ4n) is 7.07. The van der Waals surface area contributed by atoms with Crippen molar-refractivity contribution in [3.05, 3.63) is 24.3 Å². The van der Waals surface area contributed by atoms with Gasteiger partial charge in [-0.3, -0.25) is 28.0 Å². The lowest BCUT2D eigenvalue weighted by atomic mass is 9.99. The average molecular weight is 967 g/mol. The van der Waals surface area contributed by atoms with Crippen LogP contribution in [-0.2, 0) is 46.6 Å². The molecule has 0 aliphatic heterocycles. The largest absolute Gasteiger partial charge is 0.472 e. The summed E-state index contributed by atoms with van der Waals surface area (Å²) in [5, 5.41) is 9.77. The summed E-state index contributed by atoms with van der Waals surface area (Å²) in [6.07, 6.45) is 38.4. The molecule has 0 saturated heterocycles. The van der Waals surface area contributed by atoms with Gasteiger partial charge in [0.15, 0.2) is 11.9 Å². The van der Waals surface area contributed by atoms with Crippen molar-refractivity contribution in [1.29, 1.82) is 0 Å². The SMILES string of the molecule is CCCCC/C=C\C=C\C(=O)CCCCCCCC(=O)OC[C@H](COP(=O)(O)OC[C@@H](O)COP(=O)(O)O)OC(=O)CCCCCCCCCCCCCCCCCCCCC(C)CC. The molecule has 0 aromatic heterocycles. The number of ether oxygens (including phenoxy) is 2. The monoisotopic (exact) mass is 967 g/mol. The molecule has 0 spiro atoms. The molecule has 14 nitrogen and oxygen atoms in total. The molecule has 0 heterocycles. The van der Waals surface area contributed by atoms with Crippen LogP contribution < -0.4 is 0 Å². The maximum Gasteiger partial charge on any atom is 0.472 e. The minimum absolute atomic E-state index is 0.0891. The summed E-state index contributed by atoms with van der Waals surface area (Å²) in [6.45, 7) is 4.00. The number of esters is 2. The Morgan fingerprint density at radius 2 is 1.00 bits per heavy atom. The minimum atomic E-state index is -4.88. The van der Waals surface area contributed by atoms with Gasteiger partial charge in [0.25, 0.3) is 0 Å². The molecule has 65 heavy (non-hydrogen) atoms. The molecule has 382 valence electrons. The third-order valence-electron chi connectivity index (χ3n) is 11.3. The van der Waals surface area contributed by atoms with Crippen molar-refractivity contribution in [1.82, 2.24) is 0 Å². The van der Waals surface area contributed by atoms with E-state index in [4.69, 9.17) is 28.3 Å². The predicted octanol–water partition coefficient (Wildman–Crippen LogP) is 12.9. The van der Waals surface area contributed by atoms with Crippen molar-refractivity contribution < 1.29 is 66.3 Å². The lowest BCUT2D eigenvalue weighted by Gasteiger charge is -2.20. The Balaban J connectivity index is 4.43. The molecular weight excluding hydrogens is 874 g/mol. The number of carbonyl (C=O) groups is 3. The van der Waals surface area contributed by atoms with Crippen LogP contribution in [0.1, 0.15) is 226 Å². The molecule has 0 aliphatic rings. The van der Waals surface area contributed by atoms with Gasteiger partial charge in [0.2, 0.25) is 0 Å². The van der Waals surface area contributed by atoms with Crippen LogP contribution in [0.15, 0.2) is 24.3 Å². The number of allylic oxidation sites excluding steroid dienone is 4. The zero-order valence-corrected chi connectivity index (χ0v) is 42.6. The van der Waals surface area contributed by atoms with E-state index in [1.165, 1.54) is 116 Å². The highest BCUT2D eigenvalue weighted by molar-refractivity contribution is 7.47. The maximum atomic E-state index is 12.7. The van der Waals surface area contributed by atoms with E-state index in [0.29, 0.717) is 19.3 Å². The number of carbonyl (C=O) groups excluding carboxylic acids is 3. The molecule has 0 bridgehead atoms. The Morgan fingerprint density at radius 1 is 0.538 bits per heavy atom. The van der Waals surface area contributed by atoms with Crippen LogP contribution in [0.2, 0.25) is 0 Å². The number of aliphatic hydroxyl groups is 1. The number of hydrogen-bond donors (Lipinski definition) is 4. The van der Waals surface area contributed by atoms with E-state index in [2.05, 4.69) is 31.4 Å². The third-order valence-corrected chi connectivity index (χ3v) is 12.8. The first kappa shape index (κ1) is 63.3. The number of hydrogen-bond acceptors (Lipinski definition) is 11. The van der Waals surface area contributed by atoms with Gasteiger partial charge >= 0.3 is 27.6 Å². The van der Waals surface area contributed by atoms with Crippen molar-refractivity contribution in [3.63, 3.8) is 0 Å². The number of ketones is 1. The minimum Gasteiger partial charge on any atom is -0.462 e. The third kappa shape index (κ3) is 47.1. The van der Waals surface area contributed by atoms with Gasteiger partial charge in [-0.15, -0.1) is 0 Å². The van der Waals surface area contributed by atoms with Gasteiger partial charge in [-0.05, 0) is 44.1 Å². The lowest BCUT2D eigenvalue weighted by Crippen LogP contribution is -2.30. The first-order valence-corrected chi connectivity index (χ1v) is 28.4. The molecular formula is C49H92O14P2. The van der Waals surface area contributed by atoms with Crippen LogP contribution in [0.3, 0.4) is 0 Å². The van der Waals surface area contributed by atoms with Crippen LogP contribution in [0.5, 0.6) is 0 Å². The van der Waals surface area contributed by atoms with E-state index in [-0.39, 0.29) is 18.6 Å². The number of phosphoric acid groups is 2. The van der Waals surface area contributed by atoms with Gasteiger partial charge in [0, 0.05) is 19.3 Å². The zero-order valence-electron chi connectivity index (χ0n) is 40.8. The Morgan fingerprint density at radius 3 is 1.51 bits per heavy atom. The van der Waals surface area contributed by atoms with Gasteiger partial charge in [0.1, 0.15) is 12.7 Å². The molecule has 0 aromatic rings. The van der Waals surface area contributed by atoms with Crippen molar-refractivity contribution in [3.8, 4) is 0 Å². The lowest BCUT2D eigenvalue weighted by molar-refractivity contribution is -0.161. The fourth-order valence-corrected chi connectivity index (χ4v) is 8.23. The second kappa shape index (κ2) is 43.5. The smallest absolute Gasteiger partial charge is 0.462 e. The number of rotatable bonds is 48. The number of unbranched alkanes of at least 4 members (excludes halogenated alkanes) is 24. The van der Waals surface area contributed by atoms with Gasteiger partial charge in [0.05, 0.1) is 19.8 Å². The molecule has 0 amide bonds. The molecule has 0 radical (unpaired) electrons. The highest BCUT2D eigenvalue weighted by Gasteiger charge is 2.28. The molecule has 4 atom stereocenters. The summed E-state index contributed by atoms with van der Waals surface area (Å²) < 4.78 is 47.9. The van der Waals surface area contributed by atoms with E-state index < -0.39 is 66.2 Å². The average Bonchev–Trinajstić information content (AvgIpc) is 3.26. The summed E-state index contributed by atoms with van der Waals surface area (Å²) >= 11 is 0. The summed E-state index contributed by atoms with van der Waals surface area (Å²) in [4.78, 5) is 64.9. The summed E-state index contributed by atoms with van der Waals surface area (Å²) in [6, 6.07) is 0. The molecule has 4 N–H and O–H groups in total. The van der Waals surface area contributed by atoms with Crippen molar-refractivity contribution in [2.24, 2.45) is 5.92 Å². The van der Waals surface area contributed by atoms with E-state index in [0.717, 1.165) is 63.7 Å². The Kier molecular flexibility index (Phi) is 42.4. The van der Waals surface area contributed by atoms with Gasteiger partial charge in [-0.2, -0.15) is 0 Å². The first-order chi connectivity index (χ1) is 31.2. The van der Waals surface area contributed by atoms with Crippen molar-refractivity contribution in [2.75, 3.05) is 26.4 Å². The van der Waals surface area contributed by atoms with Crippen LogP contribution in [0, 0.1) is 5.92 Å². The van der Waals surface area contributed by atoms with E-state index in [1.54, 1.807) is 12.2 Å². The summed E-state index contributed by atoms with van der Waals surface area (Å²) in [5.74, 6) is -0.146. The fraction of sp³-hybridized carbons (Fsp3) is 0.857. The van der Waals surface area contributed by atoms with Gasteiger partial charge in [-0.1, -0.05) is 193 Å². The van der Waals surface area contributed by atoms with Gasteiger partial charge in [-0.25, -0.2) is 9.13 Å². The Hall–Kier alpha value is -1.73. The van der Waals surface area contributed by atoms with Crippen molar-refractivity contribution in [2.45, 2.75) is 238 Å². The van der Waals surface area contributed by atoms with Crippen LogP contribution in [0.25, 0.3) is 0 Å². The van der Waals surface area contributed by atoms with E-state index in [1.807, 2.05) is 6.08 Å². The number of phosphoric ester groups is 2. The second-order valence-electron chi connectivity index (χ2n) is 17.7. The molecule has 2 unspecified atom stereocenters. The van der Waals surface area contributed by atoms with Crippen molar-refractivity contribution >= 4 is 33.4 Å². The summed E-state index contributed by atoms with van der Waals surface area (Å²) in [5.41, 5.74) is 0. The quantitative estimate of drug-likeness (QED) is 0.0147. The predicted molar refractivity (Wildman–Crippen MR) is 258 cm³/mol. The summed E-state index contributed by atoms with van der Waals surface area (Å²) in [7, 11) is -9.71. The molecule has 0 aromatic carbocycles. The zero-order chi connectivity index (χ0) is 48.3.